The second-order valence-electron chi connectivity index (χ2n) is 4.43. The number of ether oxygens (including phenoxy) is 1. The average Bonchev–Trinajstić information content (AvgIpc) is 2.25. The Bertz CT molecular complexity index is 434. The standard InChI is InChI=1S/C14H20N2O/c1-10(2)12(4)15-16-13(5)17-14-8-6-7-11(3)9-14/h6-10H,1-5H3/b15-12+,16-13+. The van der Waals surface area contributed by atoms with Gasteiger partial charge in [0.2, 0.25) is 5.90 Å². The molecule has 0 saturated carbocycles. The lowest BCUT2D eigenvalue weighted by Crippen LogP contribution is -2.05. The van der Waals surface area contributed by atoms with E-state index in [-0.39, 0.29) is 0 Å². The first-order valence-electron chi connectivity index (χ1n) is 5.82. The molecule has 0 bridgehead atoms. The minimum atomic E-state index is 0.408. The zero-order valence-corrected chi connectivity index (χ0v) is 11.2. The Morgan fingerprint density at radius 3 is 2.47 bits per heavy atom. The van der Waals surface area contributed by atoms with E-state index in [1.165, 1.54) is 0 Å². The fourth-order valence-corrected chi connectivity index (χ4v) is 1.13. The monoisotopic (exact) mass is 232 g/mol. The van der Waals surface area contributed by atoms with Crippen LogP contribution in [0.5, 0.6) is 5.75 Å². The van der Waals surface area contributed by atoms with Gasteiger partial charge in [-0.25, -0.2) is 0 Å². The summed E-state index contributed by atoms with van der Waals surface area (Å²) in [5.41, 5.74) is 2.16. The van der Waals surface area contributed by atoms with E-state index in [4.69, 9.17) is 4.74 Å². The number of hydrogen-bond acceptors (Lipinski definition) is 3. The Balaban J connectivity index is 2.69. The molecule has 0 aliphatic heterocycles. The maximum absolute atomic E-state index is 5.57. The van der Waals surface area contributed by atoms with Gasteiger partial charge in [0.05, 0.1) is 0 Å². The predicted molar refractivity (Wildman–Crippen MR) is 72.9 cm³/mol. The number of rotatable bonds is 3. The van der Waals surface area contributed by atoms with Crippen LogP contribution in [0.15, 0.2) is 34.5 Å². The summed E-state index contributed by atoms with van der Waals surface area (Å²) in [6.45, 7) is 9.98. The third-order valence-corrected chi connectivity index (χ3v) is 2.44. The highest BCUT2D eigenvalue weighted by Gasteiger charge is 1.99. The molecule has 0 aromatic heterocycles. The molecule has 3 heteroatoms. The predicted octanol–water partition coefficient (Wildman–Crippen LogP) is 3.82. The number of benzene rings is 1. The molecule has 0 unspecified atom stereocenters. The van der Waals surface area contributed by atoms with Crippen molar-refractivity contribution < 1.29 is 4.74 Å². The van der Waals surface area contributed by atoms with Gasteiger partial charge in [0.15, 0.2) is 0 Å². The van der Waals surface area contributed by atoms with Crippen LogP contribution in [-0.2, 0) is 0 Å². The molecule has 0 N–H and O–H groups in total. The highest BCUT2D eigenvalue weighted by molar-refractivity contribution is 5.85. The Morgan fingerprint density at radius 1 is 1.18 bits per heavy atom. The summed E-state index contributed by atoms with van der Waals surface area (Å²) < 4.78 is 5.57. The molecule has 0 heterocycles. The van der Waals surface area contributed by atoms with Crippen LogP contribution in [0, 0.1) is 12.8 Å². The first kappa shape index (κ1) is 13.4. The molecule has 0 fully saturated rings. The van der Waals surface area contributed by atoms with Crippen LogP contribution >= 0.6 is 0 Å². The van der Waals surface area contributed by atoms with Gasteiger partial charge in [-0.15, -0.1) is 5.10 Å². The van der Waals surface area contributed by atoms with E-state index in [2.05, 4.69) is 24.1 Å². The van der Waals surface area contributed by atoms with Crippen molar-refractivity contribution in [2.75, 3.05) is 0 Å². The fourth-order valence-electron chi connectivity index (χ4n) is 1.13. The minimum Gasteiger partial charge on any atom is -0.442 e. The van der Waals surface area contributed by atoms with Crippen molar-refractivity contribution in [1.82, 2.24) is 0 Å². The Hall–Kier alpha value is -1.64. The second kappa shape index (κ2) is 6.18. The van der Waals surface area contributed by atoms with Crippen LogP contribution in [0.1, 0.15) is 33.3 Å². The highest BCUT2D eigenvalue weighted by atomic mass is 16.5. The van der Waals surface area contributed by atoms with Crippen LogP contribution in [0.3, 0.4) is 0 Å². The van der Waals surface area contributed by atoms with E-state index < -0.39 is 0 Å². The molecule has 1 aromatic carbocycles. The van der Waals surface area contributed by atoms with E-state index in [0.717, 1.165) is 17.0 Å². The SMILES string of the molecule is C/C(=N\N=C(/C)C(C)C)Oc1cccc(C)c1. The first-order chi connectivity index (χ1) is 7.99. The van der Waals surface area contributed by atoms with Gasteiger partial charge in [0.25, 0.3) is 0 Å². The molecule has 92 valence electrons. The van der Waals surface area contributed by atoms with Crippen LogP contribution in [0.25, 0.3) is 0 Å². The third kappa shape index (κ3) is 4.81. The minimum absolute atomic E-state index is 0.408. The maximum Gasteiger partial charge on any atom is 0.211 e. The fraction of sp³-hybridized carbons (Fsp3) is 0.429. The first-order valence-corrected chi connectivity index (χ1v) is 5.82. The van der Waals surface area contributed by atoms with E-state index in [9.17, 15) is 0 Å². The normalized spacial score (nSPS) is 13.1. The topological polar surface area (TPSA) is 34.0 Å². The highest BCUT2D eigenvalue weighted by Crippen LogP contribution is 2.12. The zero-order valence-electron chi connectivity index (χ0n) is 11.2. The van der Waals surface area contributed by atoms with Crippen molar-refractivity contribution in [1.29, 1.82) is 0 Å². The van der Waals surface area contributed by atoms with Crippen molar-refractivity contribution in [3.63, 3.8) is 0 Å². The lowest BCUT2D eigenvalue weighted by molar-refractivity contribution is 0.543. The van der Waals surface area contributed by atoms with Gasteiger partial charge in [-0.3, -0.25) is 0 Å². The van der Waals surface area contributed by atoms with Crippen molar-refractivity contribution in [2.24, 2.45) is 16.1 Å². The lowest BCUT2D eigenvalue weighted by Gasteiger charge is -2.05. The molecule has 1 rings (SSSR count). The van der Waals surface area contributed by atoms with Crippen LogP contribution in [-0.4, -0.2) is 11.6 Å². The Morgan fingerprint density at radius 2 is 1.88 bits per heavy atom. The van der Waals surface area contributed by atoms with Gasteiger partial charge in [-0.1, -0.05) is 26.0 Å². The van der Waals surface area contributed by atoms with Gasteiger partial charge in [-0.05, 0) is 37.5 Å². The molecule has 0 atom stereocenters. The van der Waals surface area contributed by atoms with Gasteiger partial charge < -0.3 is 4.74 Å². The molecular formula is C14H20N2O. The molecule has 0 radical (unpaired) electrons. The number of nitrogens with zero attached hydrogens (tertiary/aromatic N) is 2. The van der Waals surface area contributed by atoms with Crippen molar-refractivity contribution in [3.8, 4) is 5.75 Å². The van der Waals surface area contributed by atoms with E-state index in [1.807, 2.05) is 38.1 Å². The maximum atomic E-state index is 5.57. The molecule has 0 spiro atoms. The van der Waals surface area contributed by atoms with E-state index in [1.54, 1.807) is 6.92 Å². The Labute approximate surface area is 103 Å². The number of aryl methyl sites for hydroxylation is 1. The molecule has 0 amide bonds. The lowest BCUT2D eigenvalue weighted by atomic mass is 10.1. The molecule has 17 heavy (non-hydrogen) atoms. The van der Waals surface area contributed by atoms with Gasteiger partial charge >= 0.3 is 0 Å². The summed E-state index contributed by atoms with van der Waals surface area (Å²) in [6.07, 6.45) is 0. The summed E-state index contributed by atoms with van der Waals surface area (Å²) in [5.74, 6) is 1.75. The molecule has 1 aromatic rings. The summed E-state index contributed by atoms with van der Waals surface area (Å²) in [6, 6.07) is 7.87. The molecule has 0 saturated heterocycles. The van der Waals surface area contributed by atoms with Crippen molar-refractivity contribution >= 4 is 11.6 Å². The summed E-state index contributed by atoms with van der Waals surface area (Å²) in [5, 5.41) is 8.17. The zero-order chi connectivity index (χ0) is 12.8. The molecule has 0 aliphatic carbocycles. The summed E-state index contributed by atoms with van der Waals surface area (Å²) >= 11 is 0. The summed E-state index contributed by atoms with van der Waals surface area (Å²) in [7, 11) is 0. The molecular weight excluding hydrogens is 212 g/mol. The van der Waals surface area contributed by atoms with Gasteiger partial charge in [0, 0.05) is 12.6 Å². The van der Waals surface area contributed by atoms with Crippen molar-refractivity contribution in [3.05, 3.63) is 29.8 Å². The Kier molecular flexibility index (Phi) is 4.88. The van der Waals surface area contributed by atoms with Gasteiger partial charge in [-0.2, -0.15) is 5.10 Å². The summed E-state index contributed by atoms with van der Waals surface area (Å²) in [4.78, 5) is 0. The van der Waals surface area contributed by atoms with Crippen molar-refractivity contribution in [2.45, 2.75) is 34.6 Å². The quantitative estimate of drug-likeness (QED) is 0.443. The largest absolute Gasteiger partial charge is 0.442 e. The second-order valence-corrected chi connectivity index (χ2v) is 4.43. The smallest absolute Gasteiger partial charge is 0.211 e. The average molecular weight is 232 g/mol. The van der Waals surface area contributed by atoms with E-state index in [0.29, 0.717) is 11.8 Å². The van der Waals surface area contributed by atoms with Crippen LogP contribution in [0.2, 0.25) is 0 Å². The number of hydrogen-bond donors (Lipinski definition) is 0. The van der Waals surface area contributed by atoms with Crippen LogP contribution in [0.4, 0.5) is 0 Å². The van der Waals surface area contributed by atoms with E-state index >= 15 is 0 Å². The van der Waals surface area contributed by atoms with Crippen LogP contribution < -0.4 is 4.74 Å². The molecule has 0 aliphatic rings. The van der Waals surface area contributed by atoms with Gasteiger partial charge in [0.1, 0.15) is 5.75 Å². The third-order valence-electron chi connectivity index (χ3n) is 2.44. The molecule has 3 nitrogen and oxygen atoms in total.